The number of amides is 1. The lowest BCUT2D eigenvalue weighted by atomic mass is 10.2. The van der Waals surface area contributed by atoms with E-state index >= 15 is 0 Å². The molecule has 170 valence electrons. The Morgan fingerprint density at radius 2 is 1.21 bits per heavy atom. The fourth-order valence-corrected chi connectivity index (χ4v) is 1.85. The van der Waals surface area contributed by atoms with E-state index in [0.717, 1.165) is 13.1 Å². The second-order valence-corrected chi connectivity index (χ2v) is 6.88. The fraction of sp³-hybridized carbons (Fsp3) is 0.850. The summed E-state index contributed by atoms with van der Waals surface area (Å²) >= 11 is 0. The molecule has 9 heteroatoms. The zero-order valence-electron chi connectivity index (χ0n) is 18.1. The van der Waals surface area contributed by atoms with Crippen molar-refractivity contribution >= 4 is 6.09 Å². The molecule has 0 atom stereocenters. The first-order chi connectivity index (χ1) is 14.0. The third-order valence-electron chi connectivity index (χ3n) is 3.06. The van der Waals surface area contributed by atoms with Gasteiger partial charge in [0, 0.05) is 19.6 Å². The van der Waals surface area contributed by atoms with Crippen LogP contribution in [0.15, 0.2) is 0 Å². The molecule has 0 aromatic heterocycles. The lowest BCUT2D eigenvalue weighted by Crippen LogP contribution is -2.34. The van der Waals surface area contributed by atoms with Crippen LogP contribution in [0.3, 0.4) is 0 Å². The van der Waals surface area contributed by atoms with Crippen molar-refractivity contribution in [2.24, 2.45) is 0 Å². The van der Waals surface area contributed by atoms with E-state index in [4.69, 9.17) is 34.8 Å². The molecule has 0 rings (SSSR count). The predicted octanol–water partition coefficient (Wildman–Crippen LogP) is 0.817. The van der Waals surface area contributed by atoms with Crippen LogP contribution >= 0.6 is 0 Å². The molecule has 0 aromatic rings. The monoisotopic (exact) mass is 418 g/mol. The fourth-order valence-electron chi connectivity index (χ4n) is 1.85. The van der Waals surface area contributed by atoms with Crippen molar-refractivity contribution in [2.45, 2.75) is 26.4 Å². The molecule has 0 fully saturated rings. The smallest absolute Gasteiger partial charge is 0.407 e. The highest BCUT2D eigenvalue weighted by Gasteiger charge is 2.15. The van der Waals surface area contributed by atoms with Crippen LogP contribution in [-0.2, 0) is 28.4 Å². The number of hydrogen-bond donors (Lipinski definition) is 2. The predicted molar refractivity (Wildman–Crippen MR) is 110 cm³/mol. The van der Waals surface area contributed by atoms with E-state index in [-0.39, 0.29) is 0 Å². The quantitative estimate of drug-likeness (QED) is 0.235. The molecule has 1 amide bonds. The summed E-state index contributed by atoms with van der Waals surface area (Å²) < 4.78 is 31.8. The van der Waals surface area contributed by atoms with E-state index in [0.29, 0.717) is 72.6 Å². The maximum atomic E-state index is 11.4. The number of terminal acetylenes is 1. The third kappa shape index (κ3) is 24.6. The van der Waals surface area contributed by atoms with Gasteiger partial charge in [0.1, 0.15) is 12.2 Å². The second-order valence-electron chi connectivity index (χ2n) is 6.88. The third-order valence-corrected chi connectivity index (χ3v) is 3.06. The molecule has 0 saturated heterocycles. The first kappa shape index (κ1) is 27.6. The van der Waals surface area contributed by atoms with Gasteiger partial charge >= 0.3 is 6.09 Å². The summed E-state index contributed by atoms with van der Waals surface area (Å²) in [5.74, 6) is 2.40. The number of rotatable bonds is 19. The molecule has 0 aliphatic rings. The van der Waals surface area contributed by atoms with E-state index < -0.39 is 11.7 Å². The van der Waals surface area contributed by atoms with Gasteiger partial charge in [-0.15, -0.1) is 6.42 Å². The summed E-state index contributed by atoms with van der Waals surface area (Å²) in [6.07, 6.45) is 4.62. The molecule has 0 saturated carbocycles. The van der Waals surface area contributed by atoms with Gasteiger partial charge in [-0.25, -0.2) is 4.79 Å². The van der Waals surface area contributed by atoms with Gasteiger partial charge in [0.2, 0.25) is 0 Å². The molecule has 0 spiro atoms. The molecule has 0 aliphatic carbocycles. The Balaban J connectivity index is 3.12. The Kier molecular flexibility index (Phi) is 18.9. The molecule has 0 aliphatic heterocycles. The first-order valence-electron chi connectivity index (χ1n) is 9.95. The second kappa shape index (κ2) is 19.9. The minimum Gasteiger partial charge on any atom is -0.444 e. The van der Waals surface area contributed by atoms with E-state index in [2.05, 4.69) is 16.6 Å². The minimum absolute atomic E-state index is 0.322. The van der Waals surface area contributed by atoms with Crippen molar-refractivity contribution < 1.29 is 33.2 Å². The van der Waals surface area contributed by atoms with Crippen molar-refractivity contribution in [3.05, 3.63) is 0 Å². The van der Waals surface area contributed by atoms with Crippen LogP contribution in [0.5, 0.6) is 0 Å². The highest BCUT2D eigenvalue weighted by molar-refractivity contribution is 5.67. The molecule has 0 radical (unpaired) electrons. The van der Waals surface area contributed by atoms with Gasteiger partial charge in [-0.1, -0.05) is 5.92 Å². The molecule has 2 N–H and O–H groups in total. The van der Waals surface area contributed by atoms with Gasteiger partial charge in [-0.3, -0.25) is 0 Å². The van der Waals surface area contributed by atoms with Crippen molar-refractivity contribution in [1.82, 2.24) is 10.6 Å². The summed E-state index contributed by atoms with van der Waals surface area (Å²) in [6.45, 7) is 12.4. The van der Waals surface area contributed by atoms with Gasteiger partial charge in [0.05, 0.1) is 59.5 Å². The zero-order chi connectivity index (χ0) is 21.6. The number of carbonyl (C=O) groups is 1. The van der Waals surface area contributed by atoms with Crippen molar-refractivity contribution in [3.63, 3.8) is 0 Å². The molecular weight excluding hydrogens is 380 g/mol. The van der Waals surface area contributed by atoms with Gasteiger partial charge in [0.25, 0.3) is 0 Å². The lowest BCUT2D eigenvalue weighted by Gasteiger charge is -2.19. The molecule has 0 bridgehead atoms. The summed E-state index contributed by atoms with van der Waals surface area (Å²) in [5.41, 5.74) is -0.496. The standard InChI is InChI=1S/C20H38N2O7/c1-5-9-24-13-14-25-10-6-21-7-11-26-15-17-28-18-16-27-12-8-22-19(23)29-20(2,3)4/h1,21H,6-18H2,2-4H3,(H,22,23). The number of ether oxygens (including phenoxy) is 6. The number of carbonyl (C=O) groups excluding carboxylic acids is 1. The zero-order valence-corrected chi connectivity index (χ0v) is 18.1. The number of nitrogens with one attached hydrogen (secondary N) is 2. The maximum absolute atomic E-state index is 11.4. The van der Waals surface area contributed by atoms with E-state index in [1.54, 1.807) is 0 Å². The van der Waals surface area contributed by atoms with Crippen LogP contribution in [0.4, 0.5) is 4.79 Å². The average Bonchev–Trinajstić information content (AvgIpc) is 2.65. The molecular formula is C20H38N2O7. The topological polar surface area (TPSA) is 96.5 Å². The number of hydrogen-bond acceptors (Lipinski definition) is 8. The van der Waals surface area contributed by atoms with E-state index in [1.807, 2.05) is 20.8 Å². The maximum Gasteiger partial charge on any atom is 0.407 e. The number of alkyl carbamates (subject to hydrolysis) is 1. The highest BCUT2D eigenvalue weighted by Crippen LogP contribution is 2.05. The van der Waals surface area contributed by atoms with Crippen LogP contribution in [0.2, 0.25) is 0 Å². The van der Waals surface area contributed by atoms with Gasteiger partial charge < -0.3 is 39.1 Å². The molecule has 9 nitrogen and oxygen atoms in total. The Bertz CT molecular complexity index is 422. The minimum atomic E-state index is -0.496. The first-order valence-corrected chi connectivity index (χ1v) is 9.95. The highest BCUT2D eigenvalue weighted by atomic mass is 16.6. The van der Waals surface area contributed by atoms with Gasteiger partial charge in [-0.2, -0.15) is 0 Å². The van der Waals surface area contributed by atoms with E-state index in [1.165, 1.54) is 0 Å². The Hall–Kier alpha value is -1.41. The molecule has 0 unspecified atom stereocenters. The lowest BCUT2D eigenvalue weighted by molar-refractivity contribution is 0.0142. The van der Waals surface area contributed by atoms with Gasteiger partial charge in [-0.05, 0) is 20.8 Å². The summed E-state index contributed by atoms with van der Waals surface area (Å²) in [7, 11) is 0. The normalized spacial score (nSPS) is 11.2. The van der Waals surface area contributed by atoms with Crippen LogP contribution < -0.4 is 10.6 Å². The largest absolute Gasteiger partial charge is 0.444 e. The Morgan fingerprint density at radius 3 is 1.69 bits per heavy atom. The SMILES string of the molecule is C#CCOCCOCCNCCOCCOCCOCCNC(=O)OC(C)(C)C. The van der Waals surface area contributed by atoms with Crippen LogP contribution in [0.25, 0.3) is 0 Å². The Labute approximate surface area is 175 Å². The average molecular weight is 419 g/mol. The molecule has 0 aromatic carbocycles. The van der Waals surface area contributed by atoms with Crippen molar-refractivity contribution in [3.8, 4) is 12.3 Å². The summed E-state index contributed by atoms with van der Waals surface area (Å²) in [5, 5.41) is 5.84. The molecule has 0 heterocycles. The van der Waals surface area contributed by atoms with Crippen LogP contribution in [-0.4, -0.2) is 97.4 Å². The van der Waals surface area contributed by atoms with Crippen molar-refractivity contribution in [1.29, 1.82) is 0 Å². The summed E-state index contributed by atoms with van der Waals surface area (Å²) in [6, 6.07) is 0. The van der Waals surface area contributed by atoms with Crippen LogP contribution in [0.1, 0.15) is 20.8 Å². The summed E-state index contributed by atoms with van der Waals surface area (Å²) in [4.78, 5) is 11.4. The molecule has 29 heavy (non-hydrogen) atoms. The van der Waals surface area contributed by atoms with Gasteiger partial charge in [0.15, 0.2) is 0 Å². The van der Waals surface area contributed by atoms with Crippen LogP contribution in [0, 0.1) is 12.3 Å². The van der Waals surface area contributed by atoms with E-state index in [9.17, 15) is 4.79 Å². The van der Waals surface area contributed by atoms with Crippen molar-refractivity contribution in [2.75, 3.05) is 85.7 Å². The Morgan fingerprint density at radius 1 is 0.759 bits per heavy atom.